The van der Waals surface area contributed by atoms with E-state index in [1.807, 2.05) is 29.6 Å². The maximum atomic E-state index is 4.64. The summed E-state index contributed by atoms with van der Waals surface area (Å²) >= 11 is 10.1. The van der Waals surface area contributed by atoms with Crippen LogP contribution in [0.15, 0.2) is 86.3 Å². The van der Waals surface area contributed by atoms with E-state index in [1.54, 1.807) is 11.8 Å². The van der Waals surface area contributed by atoms with Gasteiger partial charge < -0.3 is 0 Å². The third-order valence-electron chi connectivity index (χ3n) is 3.93. The predicted octanol–water partition coefficient (Wildman–Crippen LogP) is 7.38. The van der Waals surface area contributed by atoms with Crippen molar-refractivity contribution in [3.63, 3.8) is 0 Å². The van der Waals surface area contributed by atoms with E-state index in [0.29, 0.717) is 0 Å². The minimum atomic E-state index is 0.969. The molecule has 4 heteroatoms. The molecule has 0 N–H and O–H groups in total. The smallest absolute Gasteiger partial charge is 0.0243 e. The number of thiol groups is 1. The summed E-state index contributed by atoms with van der Waals surface area (Å²) in [7, 11) is 0. The largest absolute Gasteiger partial charge is 0.143 e. The van der Waals surface area contributed by atoms with Crippen LogP contribution in [0.4, 0.5) is 0 Å². The van der Waals surface area contributed by atoms with Crippen LogP contribution in [-0.2, 0) is 5.75 Å². The molecule has 0 atom stereocenters. The van der Waals surface area contributed by atoms with Crippen LogP contribution < -0.4 is 0 Å². The highest BCUT2D eigenvalue weighted by molar-refractivity contribution is 8.00. The Morgan fingerprint density at radius 3 is 2.24 bits per heavy atom. The Hall–Kier alpha value is -0.940. The molecule has 0 saturated carbocycles. The van der Waals surface area contributed by atoms with Crippen molar-refractivity contribution in [2.75, 3.05) is 12.5 Å². The lowest BCUT2D eigenvalue weighted by molar-refractivity contribution is 1.25. The summed E-state index contributed by atoms with van der Waals surface area (Å²) in [6.45, 7) is 0. The zero-order chi connectivity index (χ0) is 17.6. The molecule has 25 heavy (non-hydrogen) atoms. The molecule has 3 rings (SSSR count). The molecule has 0 heterocycles. The van der Waals surface area contributed by atoms with Crippen molar-refractivity contribution < 1.29 is 0 Å². The molecule has 0 fully saturated rings. The van der Waals surface area contributed by atoms with E-state index in [-0.39, 0.29) is 0 Å². The topological polar surface area (TPSA) is 0 Å². The van der Waals surface area contributed by atoms with E-state index in [9.17, 15) is 0 Å². The lowest BCUT2D eigenvalue weighted by Crippen LogP contribution is -1.91. The van der Waals surface area contributed by atoms with Gasteiger partial charge in [0.2, 0.25) is 0 Å². The summed E-state index contributed by atoms with van der Waals surface area (Å²) in [6, 6.07) is 23.7. The maximum Gasteiger partial charge on any atom is 0.0243 e. The summed E-state index contributed by atoms with van der Waals surface area (Å²) in [6.07, 6.45) is 4.27. The molecular formula is C21H20S4. The summed E-state index contributed by atoms with van der Waals surface area (Å²) in [4.78, 5) is 5.00. The molecule has 0 aliphatic rings. The molecule has 0 aliphatic heterocycles. The highest BCUT2D eigenvalue weighted by atomic mass is 32.2. The number of rotatable bonds is 6. The molecule has 0 bridgehead atoms. The first kappa shape index (κ1) is 18.8. The first-order valence-corrected chi connectivity index (χ1v) is 11.8. The van der Waals surface area contributed by atoms with Gasteiger partial charge in [0.1, 0.15) is 0 Å². The summed E-state index contributed by atoms with van der Waals surface area (Å²) in [5, 5.41) is 0. The van der Waals surface area contributed by atoms with E-state index >= 15 is 0 Å². The SMILES string of the molecule is CSc1cccc(SCc2cccc(-c3ccccc3S)c2SC)c1. The van der Waals surface area contributed by atoms with Gasteiger partial charge in [-0.15, -0.1) is 47.9 Å². The fraction of sp³-hybridized carbons (Fsp3) is 0.143. The van der Waals surface area contributed by atoms with E-state index in [4.69, 9.17) is 0 Å². The number of thioether (sulfide) groups is 3. The molecule has 0 amide bonds. The van der Waals surface area contributed by atoms with Crippen LogP contribution in [0.2, 0.25) is 0 Å². The molecular weight excluding hydrogens is 380 g/mol. The Kier molecular flexibility index (Phi) is 6.88. The van der Waals surface area contributed by atoms with Crippen LogP contribution in [0.1, 0.15) is 5.56 Å². The van der Waals surface area contributed by atoms with Gasteiger partial charge in [0.25, 0.3) is 0 Å². The second-order valence-electron chi connectivity index (χ2n) is 5.48. The molecule has 0 nitrogen and oxygen atoms in total. The van der Waals surface area contributed by atoms with Crippen molar-refractivity contribution in [3.05, 3.63) is 72.3 Å². The van der Waals surface area contributed by atoms with Gasteiger partial charge in [-0.1, -0.05) is 42.5 Å². The Labute approximate surface area is 168 Å². The molecule has 0 saturated heterocycles. The molecule has 128 valence electrons. The average Bonchev–Trinajstić information content (AvgIpc) is 2.66. The standard InChI is InChI=1S/C21H20S4/c1-23-16-8-6-9-17(13-16)25-14-15-7-5-11-19(21(15)24-2)18-10-3-4-12-20(18)22/h3-13,22H,14H2,1-2H3. The Balaban J connectivity index is 1.89. The molecule has 0 spiro atoms. The highest BCUT2D eigenvalue weighted by Crippen LogP contribution is 2.38. The van der Waals surface area contributed by atoms with Crippen molar-refractivity contribution in [1.82, 2.24) is 0 Å². The van der Waals surface area contributed by atoms with E-state index < -0.39 is 0 Å². The van der Waals surface area contributed by atoms with Gasteiger partial charge in [0.05, 0.1) is 0 Å². The van der Waals surface area contributed by atoms with Gasteiger partial charge in [0, 0.05) is 25.3 Å². The van der Waals surface area contributed by atoms with Gasteiger partial charge in [-0.2, -0.15) is 0 Å². The van der Waals surface area contributed by atoms with E-state index in [2.05, 4.69) is 85.8 Å². The van der Waals surface area contributed by atoms with Crippen LogP contribution >= 0.6 is 47.9 Å². The summed E-state index contributed by atoms with van der Waals surface area (Å²) < 4.78 is 0. The monoisotopic (exact) mass is 400 g/mol. The highest BCUT2D eigenvalue weighted by Gasteiger charge is 2.11. The Morgan fingerprint density at radius 2 is 1.48 bits per heavy atom. The van der Waals surface area contributed by atoms with Crippen LogP contribution in [0.25, 0.3) is 11.1 Å². The second kappa shape index (κ2) is 9.13. The summed E-state index contributed by atoms with van der Waals surface area (Å²) in [5.41, 5.74) is 3.85. The van der Waals surface area contributed by atoms with Gasteiger partial charge in [0.15, 0.2) is 0 Å². The fourth-order valence-electron chi connectivity index (χ4n) is 2.71. The predicted molar refractivity (Wildman–Crippen MR) is 119 cm³/mol. The second-order valence-corrected chi connectivity index (χ2v) is 8.71. The third-order valence-corrected chi connectivity index (χ3v) is 6.98. The van der Waals surface area contributed by atoms with Crippen molar-refractivity contribution >= 4 is 47.9 Å². The lowest BCUT2D eigenvalue weighted by atomic mass is 10.0. The first-order valence-electron chi connectivity index (χ1n) is 7.94. The number of benzene rings is 3. The van der Waals surface area contributed by atoms with Crippen molar-refractivity contribution in [2.45, 2.75) is 25.3 Å². The van der Waals surface area contributed by atoms with Gasteiger partial charge in [-0.3, -0.25) is 0 Å². The maximum absolute atomic E-state index is 4.64. The quantitative estimate of drug-likeness (QED) is 0.339. The van der Waals surface area contributed by atoms with Crippen LogP contribution in [0, 0.1) is 0 Å². The Bertz CT molecular complexity index is 858. The normalized spacial score (nSPS) is 10.8. The van der Waals surface area contributed by atoms with Gasteiger partial charge in [-0.05, 0) is 53.5 Å². The number of hydrogen-bond donors (Lipinski definition) is 1. The van der Waals surface area contributed by atoms with Crippen LogP contribution in [-0.4, -0.2) is 12.5 Å². The van der Waals surface area contributed by atoms with E-state index in [0.717, 1.165) is 10.6 Å². The van der Waals surface area contributed by atoms with Crippen LogP contribution in [0.3, 0.4) is 0 Å². The third kappa shape index (κ3) is 4.62. The lowest BCUT2D eigenvalue weighted by Gasteiger charge is -2.14. The van der Waals surface area contributed by atoms with Gasteiger partial charge in [-0.25, -0.2) is 0 Å². The Morgan fingerprint density at radius 1 is 0.760 bits per heavy atom. The van der Waals surface area contributed by atoms with Gasteiger partial charge >= 0.3 is 0 Å². The van der Waals surface area contributed by atoms with Crippen molar-refractivity contribution in [3.8, 4) is 11.1 Å². The minimum Gasteiger partial charge on any atom is -0.143 e. The molecule has 0 unspecified atom stereocenters. The molecule has 0 aliphatic carbocycles. The van der Waals surface area contributed by atoms with Crippen molar-refractivity contribution in [1.29, 1.82) is 0 Å². The first-order chi connectivity index (χ1) is 12.2. The molecule has 0 radical (unpaired) electrons. The zero-order valence-electron chi connectivity index (χ0n) is 14.2. The van der Waals surface area contributed by atoms with E-state index in [1.165, 1.54) is 31.4 Å². The summed E-state index contributed by atoms with van der Waals surface area (Å²) in [5.74, 6) is 0.969. The number of hydrogen-bond acceptors (Lipinski definition) is 4. The molecule has 3 aromatic carbocycles. The zero-order valence-corrected chi connectivity index (χ0v) is 17.6. The van der Waals surface area contributed by atoms with Crippen molar-refractivity contribution in [2.24, 2.45) is 0 Å². The minimum absolute atomic E-state index is 0.969. The fourth-order valence-corrected chi connectivity index (χ4v) is 5.36. The molecule has 3 aromatic rings. The van der Waals surface area contributed by atoms with Crippen LogP contribution in [0.5, 0.6) is 0 Å². The average molecular weight is 401 g/mol. The molecule has 0 aromatic heterocycles.